The van der Waals surface area contributed by atoms with E-state index in [4.69, 9.17) is 11.6 Å². The first kappa shape index (κ1) is 16.2. The van der Waals surface area contributed by atoms with Gasteiger partial charge in [0, 0.05) is 10.6 Å². The standard InChI is InChI=1S/C18H19ClN2O/c1-18(2,3)15-8-4-13(5-9-15)12-20-21-17(22)14-6-10-16(19)11-7-14/h4-12H,1-3H3,(H,21,22). The van der Waals surface area contributed by atoms with Gasteiger partial charge in [-0.2, -0.15) is 5.10 Å². The van der Waals surface area contributed by atoms with E-state index in [0.29, 0.717) is 10.6 Å². The molecule has 0 fully saturated rings. The maximum absolute atomic E-state index is 11.9. The Morgan fingerprint density at radius 2 is 1.64 bits per heavy atom. The van der Waals surface area contributed by atoms with Gasteiger partial charge in [-0.05, 0) is 40.8 Å². The highest BCUT2D eigenvalue weighted by atomic mass is 35.5. The van der Waals surface area contributed by atoms with Crippen molar-refractivity contribution in [2.75, 3.05) is 0 Å². The Labute approximate surface area is 136 Å². The van der Waals surface area contributed by atoms with E-state index < -0.39 is 0 Å². The Morgan fingerprint density at radius 3 is 2.18 bits per heavy atom. The van der Waals surface area contributed by atoms with Crippen molar-refractivity contribution < 1.29 is 4.79 Å². The molecule has 114 valence electrons. The predicted octanol–water partition coefficient (Wildman–Crippen LogP) is 4.40. The van der Waals surface area contributed by atoms with Gasteiger partial charge in [0.05, 0.1) is 6.21 Å². The lowest BCUT2D eigenvalue weighted by Crippen LogP contribution is -2.17. The van der Waals surface area contributed by atoms with E-state index >= 15 is 0 Å². The van der Waals surface area contributed by atoms with Gasteiger partial charge in [-0.15, -0.1) is 0 Å². The number of benzene rings is 2. The van der Waals surface area contributed by atoms with Gasteiger partial charge in [-0.1, -0.05) is 56.6 Å². The molecule has 0 aromatic heterocycles. The van der Waals surface area contributed by atoms with Crippen LogP contribution in [0.25, 0.3) is 0 Å². The summed E-state index contributed by atoms with van der Waals surface area (Å²) < 4.78 is 0. The molecule has 0 aliphatic rings. The quantitative estimate of drug-likeness (QED) is 0.662. The minimum atomic E-state index is -0.265. The van der Waals surface area contributed by atoms with Crippen molar-refractivity contribution in [3.63, 3.8) is 0 Å². The smallest absolute Gasteiger partial charge is 0.267 e. The van der Waals surface area contributed by atoms with Crippen LogP contribution in [-0.2, 0) is 5.41 Å². The molecule has 0 saturated carbocycles. The molecule has 0 saturated heterocycles. The SMILES string of the molecule is CC(C)(C)c1ccc(C=NNC(=O)c2ccc(Cl)cc2)cc1. The highest BCUT2D eigenvalue weighted by Crippen LogP contribution is 2.21. The second-order valence-corrected chi connectivity index (χ2v) is 6.51. The van der Waals surface area contributed by atoms with Gasteiger partial charge in [0.25, 0.3) is 5.91 Å². The van der Waals surface area contributed by atoms with E-state index in [1.807, 2.05) is 12.1 Å². The fourth-order valence-electron chi connectivity index (χ4n) is 1.90. The van der Waals surface area contributed by atoms with E-state index in [0.717, 1.165) is 5.56 Å². The molecule has 0 radical (unpaired) electrons. The maximum atomic E-state index is 11.9. The molecule has 0 atom stereocenters. The van der Waals surface area contributed by atoms with Crippen LogP contribution < -0.4 is 5.43 Å². The molecule has 0 aliphatic heterocycles. The highest BCUT2D eigenvalue weighted by molar-refractivity contribution is 6.30. The van der Waals surface area contributed by atoms with E-state index in [1.165, 1.54) is 5.56 Å². The highest BCUT2D eigenvalue weighted by Gasteiger charge is 2.12. The molecule has 0 aliphatic carbocycles. The number of amides is 1. The van der Waals surface area contributed by atoms with Gasteiger partial charge in [-0.25, -0.2) is 5.43 Å². The Kier molecular flexibility index (Phi) is 4.99. The Morgan fingerprint density at radius 1 is 1.05 bits per heavy atom. The third kappa shape index (κ3) is 4.43. The van der Waals surface area contributed by atoms with Crippen LogP contribution in [0.3, 0.4) is 0 Å². The number of hydrogen-bond acceptors (Lipinski definition) is 2. The molecule has 2 aromatic rings. The molecule has 0 bridgehead atoms. The zero-order chi connectivity index (χ0) is 16.2. The number of nitrogens with zero attached hydrogens (tertiary/aromatic N) is 1. The molecule has 2 aromatic carbocycles. The Balaban J connectivity index is 1.97. The van der Waals surface area contributed by atoms with Gasteiger partial charge in [-0.3, -0.25) is 4.79 Å². The fraction of sp³-hybridized carbons (Fsp3) is 0.222. The third-order valence-electron chi connectivity index (χ3n) is 3.26. The summed E-state index contributed by atoms with van der Waals surface area (Å²) in [7, 11) is 0. The predicted molar refractivity (Wildman–Crippen MR) is 91.7 cm³/mol. The van der Waals surface area contributed by atoms with Crippen LogP contribution in [0.1, 0.15) is 42.3 Å². The fourth-order valence-corrected chi connectivity index (χ4v) is 2.03. The largest absolute Gasteiger partial charge is 0.271 e. The maximum Gasteiger partial charge on any atom is 0.271 e. The number of nitrogens with one attached hydrogen (secondary N) is 1. The molecule has 0 spiro atoms. The topological polar surface area (TPSA) is 41.5 Å². The van der Waals surface area contributed by atoms with E-state index in [2.05, 4.69) is 43.4 Å². The zero-order valence-electron chi connectivity index (χ0n) is 12.9. The molecule has 2 rings (SSSR count). The van der Waals surface area contributed by atoms with Gasteiger partial charge < -0.3 is 0 Å². The molecule has 0 heterocycles. The van der Waals surface area contributed by atoms with Crippen molar-refractivity contribution in [1.29, 1.82) is 0 Å². The van der Waals surface area contributed by atoms with Crippen LogP contribution >= 0.6 is 11.6 Å². The normalized spacial score (nSPS) is 11.6. The summed E-state index contributed by atoms with van der Waals surface area (Å²) in [6.45, 7) is 6.51. The number of hydrogen-bond donors (Lipinski definition) is 1. The average molecular weight is 315 g/mol. The minimum Gasteiger partial charge on any atom is -0.267 e. The summed E-state index contributed by atoms with van der Waals surface area (Å²) in [4.78, 5) is 11.9. The summed E-state index contributed by atoms with van der Waals surface area (Å²) >= 11 is 5.78. The second-order valence-electron chi connectivity index (χ2n) is 6.08. The number of hydrazone groups is 1. The van der Waals surface area contributed by atoms with Crippen molar-refractivity contribution in [2.45, 2.75) is 26.2 Å². The van der Waals surface area contributed by atoms with Crippen molar-refractivity contribution >= 4 is 23.7 Å². The zero-order valence-corrected chi connectivity index (χ0v) is 13.7. The second kappa shape index (κ2) is 6.75. The van der Waals surface area contributed by atoms with E-state index in [1.54, 1.807) is 30.5 Å². The van der Waals surface area contributed by atoms with Gasteiger partial charge in [0.15, 0.2) is 0 Å². The Bertz CT molecular complexity index is 668. The molecule has 22 heavy (non-hydrogen) atoms. The van der Waals surface area contributed by atoms with Crippen LogP contribution in [0.15, 0.2) is 53.6 Å². The van der Waals surface area contributed by atoms with Crippen LogP contribution in [-0.4, -0.2) is 12.1 Å². The van der Waals surface area contributed by atoms with E-state index in [9.17, 15) is 4.79 Å². The summed E-state index contributed by atoms with van der Waals surface area (Å²) in [5.41, 5.74) is 5.33. The first-order valence-corrected chi connectivity index (χ1v) is 7.43. The number of rotatable bonds is 3. The Hall–Kier alpha value is -2.13. The molecule has 4 heteroatoms. The van der Waals surface area contributed by atoms with Crippen molar-refractivity contribution in [3.05, 3.63) is 70.2 Å². The van der Waals surface area contributed by atoms with Crippen molar-refractivity contribution in [3.8, 4) is 0 Å². The van der Waals surface area contributed by atoms with Crippen LogP contribution in [0.4, 0.5) is 0 Å². The monoisotopic (exact) mass is 314 g/mol. The van der Waals surface area contributed by atoms with E-state index in [-0.39, 0.29) is 11.3 Å². The lowest BCUT2D eigenvalue weighted by Gasteiger charge is -2.18. The van der Waals surface area contributed by atoms with Gasteiger partial charge >= 0.3 is 0 Å². The molecule has 3 nitrogen and oxygen atoms in total. The molecular weight excluding hydrogens is 296 g/mol. The van der Waals surface area contributed by atoms with Crippen molar-refractivity contribution in [1.82, 2.24) is 5.43 Å². The van der Waals surface area contributed by atoms with Crippen LogP contribution in [0.2, 0.25) is 5.02 Å². The summed E-state index contributed by atoms with van der Waals surface area (Å²) in [6.07, 6.45) is 1.63. The summed E-state index contributed by atoms with van der Waals surface area (Å²) in [6, 6.07) is 14.8. The lowest BCUT2D eigenvalue weighted by atomic mass is 9.87. The van der Waals surface area contributed by atoms with Crippen LogP contribution in [0, 0.1) is 0 Å². The number of carbonyl (C=O) groups is 1. The minimum absolute atomic E-state index is 0.123. The lowest BCUT2D eigenvalue weighted by molar-refractivity contribution is 0.0955. The molecule has 0 unspecified atom stereocenters. The first-order chi connectivity index (χ1) is 10.4. The molecular formula is C18H19ClN2O. The number of carbonyl (C=O) groups excluding carboxylic acids is 1. The number of halogens is 1. The molecule has 1 amide bonds. The first-order valence-electron chi connectivity index (χ1n) is 7.06. The summed E-state index contributed by atoms with van der Waals surface area (Å²) in [5.74, 6) is -0.265. The third-order valence-corrected chi connectivity index (χ3v) is 3.51. The summed E-state index contributed by atoms with van der Waals surface area (Å²) in [5, 5.41) is 4.57. The average Bonchev–Trinajstić information content (AvgIpc) is 2.47. The van der Waals surface area contributed by atoms with Gasteiger partial charge in [0.2, 0.25) is 0 Å². The van der Waals surface area contributed by atoms with Crippen molar-refractivity contribution in [2.24, 2.45) is 5.10 Å². The van der Waals surface area contributed by atoms with Crippen LogP contribution in [0.5, 0.6) is 0 Å². The van der Waals surface area contributed by atoms with Gasteiger partial charge in [0.1, 0.15) is 0 Å². The molecule has 1 N–H and O–H groups in total.